The van der Waals surface area contributed by atoms with Crippen molar-refractivity contribution in [1.82, 2.24) is 0 Å². The molecule has 4 aliphatic rings. The molecule has 3 aromatic carbocycles. The Labute approximate surface area is 253 Å². The summed E-state index contributed by atoms with van der Waals surface area (Å²) in [5.74, 6) is 3.05. The highest BCUT2D eigenvalue weighted by molar-refractivity contribution is 5.92. The molecule has 4 saturated carbocycles. The quantitative estimate of drug-likeness (QED) is 0.145. The molecule has 1 amide bonds. The fourth-order valence-electron chi connectivity index (χ4n) is 7.65. The molecule has 0 spiro atoms. The molecule has 12 heteroatoms. The summed E-state index contributed by atoms with van der Waals surface area (Å²) in [6.45, 7) is -0.216. The standard InChI is InChI=1S/C32H33N5O7/c1-43-30-13-20(18-33-35-27-8-7-26(36(39)40)14-28(27)37(41)42)2-9-29(30)44-19-31(38)34-25-5-3-24(4-6-25)32-15-21-10-22(16-32)12-23(11-21)17-32/h2-9,13-14,18,21-23,35H,10-12,15-17,19H2,1H3,(H,34,38)/b33-18+. The minimum atomic E-state index is -0.728. The lowest BCUT2D eigenvalue weighted by Crippen LogP contribution is -2.48. The topological polar surface area (TPSA) is 158 Å². The summed E-state index contributed by atoms with van der Waals surface area (Å²) in [4.78, 5) is 33.5. The molecule has 44 heavy (non-hydrogen) atoms. The number of nitro groups is 2. The third-order valence-corrected chi connectivity index (χ3v) is 9.15. The van der Waals surface area contributed by atoms with E-state index in [4.69, 9.17) is 9.47 Å². The average molecular weight is 600 g/mol. The largest absolute Gasteiger partial charge is 0.493 e. The molecule has 12 nitrogen and oxygen atoms in total. The Bertz CT molecular complexity index is 1590. The van der Waals surface area contributed by atoms with Crippen LogP contribution < -0.4 is 20.2 Å². The first kappa shape index (κ1) is 29.1. The van der Waals surface area contributed by atoms with E-state index >= 15 is 0 Å². The lowest BCUT2D eigenvalue weighted by molar-refractivity contribution is -0.393. The van der Waals surface area contributed by atoms with E-state index in [0.717, 1.165) is 35.6 Å². The van der Waals surface area contributed by atoms with Gasteiger partial charge in [-0.3, -0.25) is 30.4 Å². The molecule has 0 saturated heterocycles. The number of nitro benzene ring substituents is 2. The highest BCUT2D eigenvalue weighted by Gasteiger charge is 2.51. The number of benzene rings is 3. The lowest BCUT2D eigenvalue weighted by atomic mass is 9.48. The van der Waals surface area contributed by atoms with Gasteiger partial charge < -0.3 is 14.8 Å². The fourth-order valence-corrected chi connectivity index (χ4v) is 7.65. The molecule has 3 aromatic rings. The van der Waals surface area contributed by atoms with Crippen molar-refractivity contribution >= 4 is 34.9 Å². The van der Waals surface area contributed by atoms with E-state index in [2.05, 4.69) is 28.0 Å². The normalized spacial score (nSPS) is 23.3. The van der Waals surface area contributed by atoms with Gasteiger partial charge in [0.05, 0.1) is 29.2 Å². The Kier molecular flexibility index (Phi) is 7.90. The number of methoxy groups -OCH3 is 1. The Morgan fingerprint density at radius 1 is 0.932 bits per heavy atom. The molecule has 0 unspecified atom stereocenters. The molecule has 0 radical (unpaired) electrons. The van der Waals surface area contributed by atoms with Crippen LogP contribution in [0.5, 0.6) is 11.5 Å². The molecule has 4 aliphatic carbocycles. The number of ether oxygens (including phenoxy) is 2. The van der Waals surface area contributed by atoms with Crippen LogP contribution in [0.25, 0.3) is 0 Å². The van der Waals surface area contributed by atoms with Crippen LogP contribution in [-0.2, 0) is 10.2 Å². The van der Waals surface area contributed by atoms with Crippen molar-refractivity contribution in [3.05, 3.63) is 92.0 Å². The van der Waals surface area contributed by atoms with Crippen LogP contribution in [-0.4, -0.2) is 35.7 Å². The highest BCUT2D eigenvalue weighted by atomic mass is 16.6. The van der Waals surface area contributed by atoms with E-state index < -0.39 is 21.2 Å². The van der Waals surface area contributed by atoms with Crippen molar-refractivity contribution in [2.45, 2.75) is 43.9 Å². The molecule has 4 bridgehead atoms. The van der Waals surface area contributed by atoms with E-state index in [1.807, 2.05) is 12.1 Å². The van der Waals surface area contributed by atoms with Crippen molar-refractivity contribution in [2.24, 2.45) is 22.9 Å². The Balaban J connectivity index is 1.04. The van der Waals surface area contributed by atoms with Gasteiger partial charge in [-0.25, -0.2) is 0 Å². The van der Waals surface area contributed by atoms with Crippen LogP contribution in [0.4, 0.5) is 22.7 Å². The van der Waals surface area contributed by atoms with Gasteiger partial charge in [-0.15, -0.1) is 0 Å². The zero-order valence-corrected chi connectivity index (χ0v) is 24.2. The highest BCUT2D eigenvalue weighted by Crippen LogP contribution is 2.60. The number of carbonyl (C=O) groups is 1. The molecule has 7 rings (SSSR count). The number of carbonyl (C=O) groups excluding carboxylic acids is 1. The van der Waals surface area contributed by atoms with Gasteiger partial charge in [0.2, 0.25) is 0 Å². The summed E-state index contributed by atoms with van der Waals surface area (Å²) in [6, 6.07) is 16.5. The smallest absolute Gasteiger partial charge is 0.301 e. The van der Waals surface area contributed by atoms with Gasteiger partial charge in [0.25, 0.3) is 11.6 Å². The van der Waals surface area contributed by atoms with Gasteiger partial charge in [-0.2, -0.15) is 5.10 Å². The molecular formula is C32H33N5O7. The lowest BCUT2D eigenvalue weighted by Gasteiger charge is -2.57. The zero-order chi connectivity index (χ0) is 30.8. The number of rotatable bonds is 11. The number of nitrogens with zero attached hydrogens (tertiary/aromatic N) is 3. The van der Waals surface area contributed by atoms with Crippen molar-refractivity contribution in [2.75, 3.05) is 24.5 Å². The number of hydrazone groups is 1. The maximum atomic E-state index is 12.7. The Morgan fingerprint density at radius 3 is 2.23 bits per heavy atom. The molecule has 0 aliphatic heterocycles. The minimum Gasteiger partial charge on any atom is -0.493 e. The SMILES string of the molecule is COc1cc(/C=N/Nc2ccc([N+](=O)[O-])cc2[N+](=O)[O-])ccc1OCC(=O)Nc1ccc(C23CC4CC(CC(C4)C2)C3)cc1. The van der Waals surface area contributed by atoms with E-state index in [9.17, 15) is 25.0 Å². The van der Waals surface area contributed by atoms with Gasteiger partial charge in [0.15, 0.2) is 18.1 Å². The number of hydrogen-bond acceptors (Lipinski definition) is 9. The second-order valence-electron chi connectivity index (χ2n) is 12.1. The van der Waals surface area contributed by atoms with E-state index in [1.165, 1.54) is 63.5 Å². The predicted molar refractivity (Wildman–Crippen MR) is 164 cm³/mol. The summed E-state index contributed by atoms with van der Waals surface area (Å²) in [5.41, 5.74) is 4.68. The van der Waals surface area contributed by atoms with Crippen LogP contribution in [0.15, 0.2) is 65.8 Å². The second-order valence-corrected chi connectivity index (χ2v) is 12.1. The zero-order valence-electron chi connectivity index (χ0n) is 24.2. The van der Waals surface area contributed by atoms with Gasteiger partial charge in [0.1, 0.15) is 5.69 Å². The number of non-ortho nitro benzene ring substituents is 1. The van der Waals surface area contributed by atoms with Gasteiger partial charge in [-0.05, 0) is 109 Å². The third kappa shape index (κ3) is 6.05. The molecular weight excluding hydrogens is 566 g/mol. The second kappa shape index (κ2) is 11.9. The Hall–Kier alpha value is -5.00. The van der Waals surface area contributed by atoms with Crippen molar-refractivity contribution < 1.29 is 24.1 Å². The molecule has 228 valence electrons. The maximum absolute atomic E-state index is 12.7. The Morgan fingerprint density at radius 2 is 1.61 bits per heavy atom. The van der Waals surface area contributed by atoms with E-state index in [1.54, 1.807) is 18.2 Å². The average Bonchev–Trinajstić information content (AvgIpc) is 3.00. The molecule has 4 fully saturated rings. The number of anilines is 2. The van der Waals surface area contributed by atoms with Crippen molar-refractivity contribution in [3.8, 4) is 11.5 Å². The minimum absolute atomic E-state index is 0.00262. The summed E-state index contributed by atoms with van der Waals surface area (Å²) >= 11 is 0. The van der Waals surface area contributed by atoms with Gasteiger partial charge in [-0.1, -0.05) is 12.1 Å². The van der Waals surface area contributed by atoms with Gasteiger partial charge >= 0.3 is 5.69 Å². The van der Waals surface area contributed by atoms with Crippen molar-refractivity contribution in [1.29, 1.82) is 0 Å². The van der Waals surface area contributed by atoms with Crippen LogP contribution >= 0.6 is 0 Å². The molecule has 0 atom stereocenters. The number of amides is 1. The number of nitrogens with one attached hydrogen (secondary N) is 2. The summed E-state index contributed by atoms with van der Waals surface area (Å²) in [5, 5.41) is 29.2. The summed E-state index contributed by atoms with van der Waals surface area (Å²) < 4.78 is 11.1. The van der Waals surface area contributed by atoms with Crippen LogP contribution in [0, 0.1) is 38.0 Å². The van der Waals surface area contributed by atoms with Crippen LogP contribution in [0.2, 0.25) is 0 Å². The first-order valence-corrected chi connectivity index (χ1v) is 14.6. The third-order valence-electron chi connectivity index (χ3n) is 9.15. The molecule has 2 N–H and O–H groups in total. The van der Waals surface area contributed by atoms with Crippen LogP contribution in [0.3, 0.4) is 0 Å². The fraction of sp³-hybridized carbons (Fsp3) is 0.375. The molecule has 0 heterocycles. The first-order chi connectivity index (χ1) is 21.2. The summed E-state index contributed by atoms with van der Waals surface area (Å²) in [6.07, 6.45) is 9.50. The van der Waals surface area contributed by atoms with Gasteiger partial charge in [0, 0.05) is 11.8 Å². The van der Waals surface area contributed by atoms with Crippen LogP contribution in [0.1, 0.15) is 49.7 Å². The van der Waals surface area contributed by atoms with Crippen molar-refractivity contribution in [3.63, 3.8) is 0 Å². The predicted octanol–water partition coefficient (Wildman–Crippen LogP) is 6.44. The summed E-state index contributed by atoms with van der Waals surface area (Å²) in [7, 11) is 1.47. The monoisotopic (exact) mass is 599 g/mol. The first-order valence-electron chi connectivity index (χ1n) is 14.6. The number of hydrogen-bond donors (Lipinski definition) is 2. The maximum Gasteiger partial charge on any atom is 0.301 e. The van der Waals surface area contributed by atoms with E-state index in [-0.39, 0.29) is 18.2 Å². The van der Waals surface area contributed by atoms with E-state index in [0.29, 0.717) is 22.5 Å². The molecule has 0 aromatic heterocycles.